The van der Waals surface area contributed by atoms with Crippen LogP contribution in [-0.2, 0) is 13.0 Å². The first kappa shape index (κ1) is 19.1. The Balaban J connectivity index is 1.55. The predicted molar refractivity (Wildman–Crippen MR) is 126 cm³/mol. The molecule has 0 spiro atoms. The Kier molecular flexibility index (Phi) is 4.54. The van der Waals surface area contributed by atoms with Crippen molar-refractivity contribution in [3.05, 3.63) is 101 Å². The van der Waals surface area contributed by atoms with Gasteiger partial charge >= 0.3 is 0 Å². The number of rotatable bonds is 5. The van der Waals surface area contributed by atoms with Crippen LogP contribution in [0.5, 0.6) is 0 Å². The molecule has 0 aliphatic carbocycles. The fourth-order valence-electron chi connectivity index (χ4n) is 3.90. The van der Waals surface area contributed by atoms with Crippen molar-refractivity contribution in [2.24, 2.45) is 5.10 Å². The summed E-state index contributed by atoms with van der Waals surface area (Å²) >= 11 is 0. The van der Waals surface area contributed by atoms with E-state index in [1.807, 2.05) is 54.6 Å². The molecular formula is C25H18N6O2. The predicted octanol–water partition coefficient (Wildman–Crippen LogP) is 4.01. The Morgan fingerprint density at radius 1 is 0.909 bits per heavy atom. The second kappa shape index (κ2) is 7.83. The molecule has 0 atom stereocenters. The quantitative estimate of drug-likeness (QED) is 0.382. The number of hydrogen-bond acceptors (Lipinski definition) is 6. The maximum absolute atomic E-state index is 13.5. The number of para-hydroxylation sites is 2. The lowest BCUT2D eigenvalue weighted by Crippen LogP contribution is -2.21. The summed E-state index contributed by atoms with van der Waals surface area (Å²) in [6.07, 6.45) is 5.42. The number of furan rings is 1. The van der Waals surface area contributed by atoms with E-state index in [0.717, 1.165) is 12.0 Å². The maximum Gasteiger partial charge on any atom is 0.265 e. The average Bonchev–Trinajstić information content (AvgIpc) is 3.48. The molecule has 8 nitrogen and oxygen atoms in total. The fourth-order valence-corrected chi connectivity index (χ4v) is 3.90. The van der Waals surface area contributed by atoms with Crippen molar-refractivity contribution in [1.82, 2.24) is 24.2 Å². The molecule has 0 aliphatic heterocycles. The number of hydrogen-bond donors (Lipinski definition) is 0. The fraction of sp³-hybridized carbons (Fsp3) is 0.0800. The first-order chi connectivity index (χ1) is 16.3. The van der Waals surface area contributed by atoms with Crippen LogP contribution in [0.4, 0.5) is 0 Å². The molecule has 0 radical (unpaired) electrons. The van der Waals surface area contributed by atoms with Gasteiger partial charge in [0.1, 0.15) is 16.7 Å². The van der Waals surface area contributed by atoms with E-state index < -0.39 is 0 Å². The monoisotopic (exact) mass is 434 g/mol. The lowest BCUT2D eigenvalue weighted by atomic mass is 10.1. The highest BCUT2D eigenvalue weighted by molar-refractivity contribution is 6.04. The van der Waals surface area contributed by atoms with Crippen LogP contribution in [0, 0.1) is 0 Å². The lowest BCUT2D eigenvalue weighted by Gasteiger charge is -2.05. The largest absolute Gasteiger partial charge is 0.463 e. The number of nitrogens with zero attached hydrogens (tertiary/aromatic N) is 6. The summed E-state index contributed by atoms with van der Waals surface area (Å²) in [5.74, 6) is 0.579. The summed E-state index contributed by atoms with van der Waals surface area (Å²) in [6.45, 7) is 0.509. The van der Waals surface area contributed by atoms with Gasteiger partial charge in [0, 0.05) is 6.54 Å². The van der Waals surface area contributed by atoms with Crippen molar-refractivity contribution in [1.29, 1.82) is 0 Å². The molecule has 6 aromatic rings. The molecule has 0 unspecified atom stereocenters. The highest BCUT2D eigenvalue weighted by Gasteiger charge is 2.19. The lowest BCUT2D eigenvalue weighted by molar-refractivity contribution is 0.559. The normalized spacial score (nSPS) is 11.9. The van der Waals surface area contributed by atoms with Crippen molar-refractivity contribution in [2.45, 2.75) is 13.0 Å². The van der Waals surface area contributed by atoms with Crippen LogP contribution < -0.4 is 5.56 Å². The van der Waals surface area contributed by atoms with Gasteiger partial charge in [0.15, 0.2) is 11.3 Å². The van der Waals surface area contributed by atoms with Gasteiger partial charge in [-0.25, -0.2) is 15.0 Å². The van der Waals surface area contributed by atoms with Crippen LogP contribution in [0.15, 0.2) is 93.6 Å². The van der Waals surface area contributed by atoms with E-state index in [9.17, 15) is 4.79 Å². The van der Waals surface area contributed by atoms with Gasteiger partial charge in [-0.05, 0) is 36.2 Å². The maximum atomic E-state index is 13.5. The number of aryl methyl sites for hydroxylation is 2. The van der Waals surface area contributed by atoms with Gasteiger partial charge < -0.3 is 4.42 Å². The zero-order valence-corrected chi connectivity index (χ0v) is 17.5. The summed E-state index contributed by atoms with van der Waals surface area (Å²) in [6, 6.07) is 21.2. The number of aromatic nitrogens is 5. The summed E-state index contributed by atoms with van der Waals surface area (Å²) < 4.78 is 8.53. The molecule has 0 saturated heterocycles. The van der Waals surface area contributed by atoms with E-state index in [4.69, 9.17) is 14.4 Å². The van der Waals surface area contributed by atoms with E-state index in [1.54, 1.807) is 40.2 Å². The smallest absolute Gasteiger partial charge is 0.265 e. The van der Waals surface area contributed by atoms with E-state index in [-0.39, 0.29) is 5.56 Å². The van der Waals surface area contributed by atoms with Crippen molar-refractivity contribution in [3.8, 4) is 0 Å². The molecule has 33 heavy (non-hydrogen) atoms. The molecule has 8 heteroatoms. The zero-order valence-electron chi connectivity index (χ0n) is 17.5. The molecule has 4 aromatic heterocycles. The van der Waals surface area contributed by atoms with Gasteiger partial charge in [-0.15, -0.1) is 0 Å². The second-order valence-electron chi connectivity index (χ2n) is 7.63. The molecule has 0 N–H and O–H groups in total. The molecule has 160 valence electrons. The Bertz CT molecular complexity index is 1680. The Labute approximate surface area is 187 Å². The van der Waals surface area contributed by atoms with Crippen molar-refractivity contribution in [3.63, 3.8) is 0 Å². The highest BCUT2D eigenvalue weighted by atomic mass is 16.3. The van der Waals surface area contributed by atoms with Crippen molar-refractivity contribution < 1.29 is 4.42 Å². The SMILES string of the molecule is O=c1c2c3nc4ccccc4nc3n(/N=C\c3ccco3)c2ncn1CCc1ccccc1. The molecular weight excluding hydrogens is 416 g/mol. The summed E-state index contributed by atoms with van der Waals surface area (Å²) in [4.78, 5) is 27.6. The average molecular weight is 434 g/mol. The minimum atomic E-state index is -0.169. The van der Waals surface area contributed by atoms with Crippen LogP contribution in [0.2, 0.25) is 0 Å². The second-order valence-corrected chi connectivity index (χ2v) is 7.63. The minimum absolute atomic E-state index is 0.169. The van der Waals surface area contributed by atoms with Crippen molar-refractivity contribution >= 4 is 39.4 Å². The topological polar surface area (TPSA) is 91.1 Å². The molecule has 0 bridgehead atoms. The molecule has 0 aliphatic rings. The molecule has 4 heterocycles. The number of benzene rings is 2. The van der Waals surface area contributed by atoms with Crippen LogP contribution in [0.25, 0.3) is 33.2 Å². The molecule has 6 rings (SSSR count). The van der Waals surface area contributed by atoms with E-state index in [2.05, 4.69) is 10.1 Å². The highest BCUT2D eigenvalue weighted by Crippen LogP contribution is 2.24. The van der Waals surface area contributed by atoms with E-state index >= 15 is 0 Å². The van der Waals surface area contributed by atoms with Crippen LogP contribution in [0.3, 0.4) is 0 Å². The van der Waals surface area contributed by atoms with Gasteiger partial charge in [-0.3, -0.25) is 9.36 Å². The first-order valence-electron chi connectivity index (χ1n) is 10.6. The standard InChI is InChI=1S/C25H18N6O2/c32-25-21-22-24(29-20-11-5-4-10-19(20)28-22)31(27-15-18-9-6-14-33-18)23(21)26-16-30(25)13-12-17-7-2-1-3-8-17/h1-11,14-16H,12-13H2/b27-15-. The molecule has 0 fully saturated rings. The minimum Gasteiger partial charge on any atom is -0.463 e. The van der Waals surface area contributed by atoms with Crippen LogP contribution >= 0.6 is 0 Å². The Hall–Kier alpha value is -4.59. The third-order valence-corrected chi connectivity index (χ3v) is 5.54. The van der Waals surface area contributed by atoms with Gasteiger partial charge in [0.2, 0.25) is 0 Å². The van der Waals surface area contributed by atoms with E-state index in [1.165, 1.54) is 0 Å². The van der Waals surface area contributed by atoms with E-state index in [0.29, 0.717) is 45.5 Å². The van der Waals surface area contributed by atoms with Gasteiger partial charge in [-0.2, -0.15) is 9.78 Å². The van der Waals surface area contributed by atoms with Gasteiger partial charge in [0.05, 0.1) is 29.8 Å². The third kappa shape index (κ3) is 3.38. The van der Waals surface area contributed by atoms with Crippen LogP contribution in [0.1, 0.15) is 11.3 Å². The molecule has 2 aromatic carbocycles. The summed E-state index contributed by atoms with van der Waals surface area (Å²) in [5, 5.41) is 4.92. The molecule has 0 saturated carbocycles. The van der Waals surface area contributed by atoms with Gasteiger partial charge in [0.25, 0.3) is 5.56 Å². The molecule has 0 amide bonds. The summed E-state index contributed by atoms with van der Waals surface area (Å²) in [5.41, 5.74) is 3.76. The Morgan fingerprint density at radius 3 is 2.48 bits per heavy atom. The third-order valence-electron chi connectivity index (χ3n) is 5.54. The number of fused-ring (bicyclic) bond motifs is 4. The Morgan fingerprint density at radius 2 is 1.70 bits per heavy atom. The first-order valence-corrected chi connectivity index (χ1v) is 10.6. The van der Waals surface area contributed by atoms with Gasteiger partial charge in [-0.1, -0.05) is 42.5 Å². The van der Waals surface area contributed by atoms with Crippen LogP contribution in [-0.4, -0.2) is 30.4 Å². The summed E-state index contributed by atoms with van der Waals surface area (Å²) in [7, 11) is 0. The van der Waals surface area contributed by atoms with Crippen molar-refractivity contribution in [2.75, 3.05) is 0 Å². The zero-order chi connectivity index (χ0) is 22.2.